The minimum absolute atomic E-state index is 0.678. The van der Waals surface area contributed by atoms with E-state index < -0.39 is 0 Å². The monoisotopic (exact) mass is 350 g/mol. The smallest absolute Gasteiger partial charge is 0.188 e. The van der Waals surface area contributed by atoms with Gasteiger partial charge in [0.05, 0.1) is 4.88 Å². The summed E-state index contributed by atoms with van der Waals surface area (Å²) in [6.07, 6.45) is 8.68. The van der Waals surface area contributed by atoms with Gasteiger partial charge in [-0.25, -0.2) is 9.97 Å². The van der Waals surface area contributed by atoms with Crippen LogP contribution < -0.4 is 10.6 Å². The fraction of sp³-hybridized carbons (Fsp3) is 0.300. The Morgan fingerprint density at radius 3 is 2.92 bits per heavy atom. The lowest BCUT2D eigenvalue weighted by Gasteiger charge is -2.10. The number of rotatable bonds is 6. The number of anilines is 2. The average Bonchev–Trinajstić information content (AvgIpc) is 3.33. The summed E-state index contributed by atoms with van der Waals surface area (Å²) in [6.45, 7) is 1.17. The molecule has 1 aromatic carbocycles. The van der Waals surface area contributed by atoms with Crippen molar-refractivity contribution in [2.45, 2.75) is 31.7 Å². The van der Waals surface area contributed by atoms with Gasteiger partial charge < -0.3 is 10.6 Å². The summed E-state index contributed by atoms with van der Waals surface area (Å²) in [7, 11) is 0. The highest BCUT2D eigenvalue weighted by Crippen LogP contribution is 2.30. The minimum Gasteiger partial charge on any atom is -0.316 e. The van der Waals surface area contributed by atoms with Gasteiger partial charge in [-0.2, -0.15) is 0 Å². The van der Waals surface area contributed by atoms with Crippen LogP contribution in [0, 0.1) is 0 Å². The maximum atomic E-state index is 4.48. The zero-order chi connectivity index (χ0) is 16.9. The van der Waals surface area contributed by atoms with Crippen molar-refractivity contribution in [3.63, 3.8) is 0 Å². The highest BCUT2D eigenvalue weighted by Gasteiger charge is 2.13. The normalized spacial score (nSPS) is 16.9. The van der Waals surface area contributed by atoms with Crippen molar-refractivity contribution in [2.75, 3.05) is 11.9 Å². The molecule has 1 saturated heterocycles. The number of aryl methyl sites for hydroxylation is 1. The molecule has 25 heavy (non-hydrogen) atoms. The Bertz CT molecular complexity index is 809. The highest BCUT2D eigenvalue weighted by molar-refractivity contribution is 7.18. The van der Waals surface area contributed by atoms with Crippen molar-refractivity contribution in [1.82, 2.24) is 15.3 Å². The van der Waals surface area contributed by atoms with Crippen molar-refractivity contribution >= 4 is 22.3 Å². The van der Waals surface area contributed by atoms with E-state index >= 15 is 0 Å². The SMILES string of the molecule is c1ccc(-c2cnc(Nc3cc(CCC4CCCN4)ccn3)s2)cc1. The van der Waals surface area contributed by atoms with Gasteiger partial charge in [0.1, 0.15) is 5.82 Å². The van der Waals surface area contributed by atoms with Gasteiger partial charge in [-0.3, -0.25) is 0 Å². The van der Waals surface area contributed by atoms with Crippen LogP contribution in [0.1, 0.15) is 24.8 Å². The van der Waals surface area contributed by atoms with E-state index in [4.69, 9.17) is 0 Å². The molecule has 3 aromatic rings. The van der Waals surface area contributed by atoms with Gasteiger partial charge in [-0.15, -0.1) is 0 Å². The van der Waals surface area contributed by atoms with Crippen LogP contribution in [0.5, 0.6) is 0 Å². The number of hydrogen-bond donors (Lipinski definition) is 2. The Morgan fingerprint density at radius 1 is 1.16 bits per heavy atom. The Labute approximate surface area is 152 Å². The summed E-state index contributed by atoms with van der Waals surface area (Å²) in [5.74, 6) is 0.867. The maximum absolute atomic E-state index is 4.48. The molecule has 3 heterocycles. The fourth-order valence-electron chi connectivity index (χ4n) is 3.22. The molecule has 0 bridgehead atoms. The van der Waals surface area contributed by atoms with Crippen LogP contribution in [0.25, 0.3) is 10.4 Å². The predicted octanol–water partition coefficient (Wildman–Crippen LogP) is 4.63. The second-order valence-electron chi connectivity index (χ2n) is 6.40. The Hall–Kier alpha value is -2.24. The third kappa shape index (κ3) is 4.24. The second kappa shape index (κ2) is 7.76. The van der Waals surface area contributed by atoms with E-state index in [1.165, 1.54) is 36.9 Å². The van der Waals surface area contributed by atoms with Gasteiger partial charge in [-0.1, -0.05) is 41.7 Å². The van der Waals surface area contributed by atoms with E-state index in [9.17, 15) is 0 Å². The number of pyridine rings is 1. The predicted molar refractivity (Wildman–Crippen MR) is 104 cm³/mol. The zero-order valence-corrected chi connectivity index (χ0v) is 14.9. The van der Waals surface area contributed by atoms with Crippen molar-refractivity contribution < 1.29 is 0 Å². The molecule has 1 fully saturated rings. The molecule has 4 nitrogen and oxygen atoms in total. The standard InChI is InChI=1S/C20H22N4S/c1-2-5-16(6-3-1)18-14-23-20(25-18)24-19-13-15(10-12-22-19)8-9-17-7-4-11-21-17/h1-3,5-6,10,12-14,17,21H,4,7-9,11H2,(H,22,23,24). The lowest BCUT2D eigenvalue weighted by molar-refractivity contribution is 0.559. The molecule has 1 unspecified atom stereocenters. The van der Waals surface area contributed by atoms with E-state index in [0.29, 0.717) is 6.04 Å². The summed E-state index contributed by atoms with van der Waals surface area (Å²) in [4.78, 5) is 10.1. The largest absolute Gasteiger partial charge is 0.316 e. The molecule has 0 aliphatic carbocycles. The zero-order valence-electron chi connectivity index (χ0n) is 14.1. The summed E-state index contributed by atoms with van der Waals surface area (Å²) in [6, 6.07) is 15.3. The number of nitrogens with one attached hydrogen (secondary N) is 2. The van der Waals surface area contributed by atoms with Gasteiger partial charge in [0, 0.05) is 18.4 Å². The molecule has 2 aromatic heterocycles. The molecule has 0 spiro atoms. The molecule has 1 aliphatic rings. The van der Waals surface area contributed by atoms with Gasteiger partial charge >= 0.3 is 0 Å². The van der Waals surface area contributed by atoms with Crippen LogP contribution in [-0.4, -0.2) is 22.6 Å². The molecule has 1 aliphatic heterocycles. The summed E-state index contributed by atoms with van der Waals surface area (Å²) < 4.78 is 0. The van der Waals surface area contributed by atoms with E-state index in [1.54, 1.807) is 11.3 Å². The van der Waals surface area contributed by atoms with Crippen molar-refractivity contribution in [1.29, 1.82) is 0 Å². The molecule has 128 valence electrons. The first-order valence-electron chi connectivity index (χ1n) is 8.83. The van der Waals surface area contributed by atoms with E-state index in [1.807, 2.05) is 30.6 Å². The number of thiazole rings is 1. The first-order valence-corrected chi connectivity index (χ1v) is 9.65. The van der Waals surface area contributed by atoms with Crippen LogP contribution >= 0.6 is 11.3 Å². The van der Waals surface area contributed by atoms with Crippen LogP contribution in [0.4, 0.5) is 10.9 Å². The van der Waals surface area contributed by atoms with Crippen LogP contribution in [-0.2, 0) is 6.42 Å². The molecular formula is C20H22N4S. The first-order chi connectivity index (χ1) is 12.4. The minimum atomic E-state index is 0.678. The molecular weight excluding hydrogens is 328 g/mol. The maximum Gasteiger partial charge on any atom is 0.188 e. The van der Waals surface area contributed by atoms with Gasteiger partial charge in [0.25, 0.3) is 0 Å². The molecule has 2 N–H and O–H groups in total. The molecule has 0 saturated carbocycles. The van der Waals surface area contributed by atoms with E-state index in [2.05, 4.69) is 44.9 Å². The van der Waals surface area contributed by atoms with Gasteiger partial charge in [0.15, 0.2) is 5.13 Å². The first kappa shape index (κ1) is 16.2. The number of nitrogens with zero attached hydrogens (tertiary/aromatic N) is 2. The summed E-state index contributed by atoms with van der Waals surface area (Å²) in [5.41, 5.74) is 2.52. The number of hydrogen-bond acceptors (Lipinski definition) is 5. The third-order valence-electron chi connectivity index (χ3n) is 4.57. The van der Waals surface area contributed by atoms with Crippen LogP contribution in [0.15, 0.2) is 54.9 Å². The number of benzene rings is 1. The van der Waals surface area contributed by atoms with Gasteiger partial charge in [0.2, 0.25) is 0 Å². The van der Waals surface area contributed by atoms with Crippen LogP contribution in [0.2, 0.25) is 0 Å². The van der Waals surface area contributed by atoms with Crippen LogP contribution in [0.3, 0.4) is 0 Å². The summed E-state index contributed by atoms with van der Waals surface area (Å²) >= 11 is 1.65. The topological polar surface area (TPSA) is 49.8 Å². The van der Waals surface area contributed by atoms with Crippen molar-refractivity contribution in [2.24, 2.45) is 0 Å². The Balaban J connectivity index is 1.40. The Kier molecular flexibility index (Phi) is 5.04. The Morgan fingerprint density at radius 2 is 2.08 bits per heavy atom. The third-order valence-corrected chi connectivity index (χ3v) is 5.53. The van der Waals surface area contributed by atoms with Crippen molar-refractivity contribution in [3.8, 4) is 10.4 Å². The molecule has 0 amide bonds. The lowest BCUT2D eigenvalue weighted by Crippen LogP contribution is -2.21. The second-order valence-corrected chi connectivity index (χ2v) is 7.43. The molecule has 1 atom stereocenters. The van der Waals surface area contributed by atoms with E-state index in [-0.39, 0.29) is 0 Å². The highest BCUT2D eigenvalue weighted by atomic mass is 32.1. The molecule has 0 radical (unpaired) electrons. The average molecular weight is 350 g/mol. The molecule has 4 rings (SSSR count). The van der Waals surface area contributed by atoms with E-state index in [0.717, 1.165) is 22.2 Å². The quantitative estimate of drug-likeness (QED) is 0.680. The van der Waals surface area contributed by atoms with Gasteiger partial charge in [-0.05, 0) is 55.5 Å². The number of aromatic nitrogens is 2. The molecule has 5 heteroatoms. The summed E-state index contributed by atoms with van der Waals surface area (Å²) in [5, 5.41) is 7.78. The fourth-order valence-corrected chi connectivity index (χ4v) is 4.05. The lowest BCUT2D eigenvalue weighted by atomic mass is 10.1. The van der Waals surface area contributed by atoms with Crippen molar-refractivity contribution in [3.05, 3.63) is 60.4 Å².